The molecule has 0 radical (unpaired) electrons. The number of rotatable bonds is 1. The predicted octanol–water partition coefficient (Wildman–Crippen LogP) is 6.38. The van der Waals surface area contributed by atoms with Crippen molar-refractivity contribution in [2.75, 3.05) is 0 Å². The quantitative estimate of drug-likeness (QED) is 0.543. The third-order valence-electron chi connectivity index (χ3n) is 6.69. The molecule has 0 fully saturated rings. The summed E-state index contributed by atoms with van der Waals surface area (Å²) in [6.07, 6.45) is 2.45. The summed E-state index contributed by atoms with van der Waals surface area (Å²) in [7, 11) is 0. The molecular formula is C27H34O3. The van der Waals surface area contributed by atoms with Crippen LogP contribution in [0.25, 0.3) is 0 Å². The van der Waals surface area contributed by atoms with Crippen LogP contribution in [-0.2, 0) is 19.7 Å². The van der Waals surface area contributed by atoms with Crippen molar-refractivity contribution in [3.8, 4) is 0 Å². The van der Waals surface area contributed by atoms with Crippen molar-refractivity contribution in [2.45, 2.75) is 85.5 Å². The highest BCUT2D eigenvalue weighted by molar-refractivity contribution is 6.06. The van der Waals surface area contributed by atoms with Gasteiger partial charge in [-0.2, -0.15) is 0 Å². The lowest BCUT2D eigenvalue weighted by atomic mass is 9.65. The SMILES string of the molecule is CC1(C)CC(=O)C2=C(C1)OC1=C(C(=O)CC(C)(C)C1)C2c1ccc(C(C)(C)C)cc1. The van der Waals surface area contributed by atoms with E-state index < -0.39 is 0 Å². The minimum Gasteiger partial charge on any atom is -0.465 e. The molecule has 0 atom stereocenters. The summed E-state index contributed by atoms with van der Waals surface area (Å²) in [6, 6.07) is 8.48. The average Bonchev–Trinajstić information content (AvgIpc) is 2.57. The normalized spacial score (nSPS) is 23.8. The zero-order valence-electron chi connectivity index (χ0n) is 19.4. The van der Waals surface area contributed by atoms with Crippen LogP contribution in [0.2, 0.25) is 0 Å². The Balaban J connectivity index is 1.87. The zero-order valence-corrected chi connectivity index (χ0v) is 19.4. The minimum absolute atomic E-state index is 0.0540. The zero-order chi connectivity index (χ0) is 22.1. The van der Waals surface area contributed by atoms with Gasteiger partial charge >= 0.3 is 0 Å². The van der Waals surface area contributed by atoms with E-state index in [1.54, 1.807) is 0 Å². The van der Waals surface area contributed by atoms with Crippen molar-refractivity contribution in [2.24, 2.45) is 10.8 Å². The summed E-state index contributed by atoms with van der Waals surface area (Å²) in [6.45, 7) is 15.0. The van der Waals surface area contributed by atoms with Gasteiger partial charge < -0.3 is 4.74 Å². The molecular weight excluding hydrogens is 372 g/mol. The van der Waals surface area contributed by atoms with Crippen LogP contribution >= 0.6 is 0 Å². The number of ketones is 2. The average molecular weight is 407 g/mol. The van der Waals surface area contributed by atoms with Crippen molar-refractivity contribution in [3.63, 3.8) is 0 Å². The first-order chi connectivity index (χ1) is 13.8. The number of hydrogen-bond acceptors (Lipinski definition) is 3. The third kappa shape index (κ3) is 3.68. The molecule has 4 rings (SSSR count). The van der Waals surface area contributed by atoms with Crippen LogP contribution in [0.15, 0.2) is 46.9 Å². The van der Waals surface area contributed by atoms with E-state index in [1.165, 1.54) is 5.56 Å². The molecule has 2 aliphatic carbocycles. The number of benzene rings is 1. The van der Waals surface area contributed by atoms with Gasteiger partial charge in [0.05, 0.1) is 0 Å². The van der Waals surface area contributed by atoms with Crippen LogP contribution in [-0.4, -0.2) is 11.6 Å². The van der Waals surface area contributed by atoms with Crippen molar-refractivity contribution in [1.29, 1.82) is 0 Å². The van der Waals surface area contributed by atoms with Gasteiger partial charge in [-0.3, -0.25) is 9.59 Å². The van der Waals surface area contributed by atoms with E-state index >= 15 is 0 Å². The maximum Gasteiger partial charge on any atom is 0.163 e. The van der Waals surface area contributed by atoms with E-state index in [9.17, 15) is 9.59 Å². The Labute approximate surface area is 180 Å². The molecule has 3 aliphatic rings. The third-order valence-corrected chi connectivity index (χ3v) is 6.69. The topological polar surface area (TPSA) is 43.4 Å². The first-order valence-corrected chi connectivity index (χ1v) is 11.1. The van der Waals surface area contributed by atoms with Crippen molar-refractivity contribution < 1.29 is 14.3 Å². The van der Waals surface area contributed by atoms with Crippen LogP contribution in [0.3, 0.4) is 0 Å². The van der Waals surface area contributed by atoms with Gasteiger partial charge in [-0.05, 0) is 27.4 Å². The molecule has 30 heavy (non-hydrogen) atoms. The summed E-state index contributed by atoms with van der Waals surface area (Å²) in [5.74, 6) is 1.51. The van der Waals surface area contributed by atoms with Gasteiger partial charge in [-0.1, -0.05) is 72.7 Å². The molecule has 0 spiro atoms. The molecule has 1 heterocycles. The summed E-state index contributed by atoms with van der Waals surface area (Å²) >= 11 is 0. The number of Topliss-reactive ketones (excluding diaryl/α,β-unsaturated/α-hetero) is 2. The molecule has 0 bridgehead atoms. The molecule has 3 nitrogen and oxygen atoms in total. The van der Waals surface area contributed by atoms with Gasteiger partial charge in [-0.15, -0.1) is 0 Å². The Morgan fingerprint density at radius 3 is 1.60 bits per heavy atom. The summed E-state index contributed by atoms with van der Waals surface area (Å²) in [4.78, 5) is 26.6. The fourth-order valence-corrected chi connectivity index (χ4v) is 5.18. The molecule has 0 saturated carbocycles. The van der Waals surface area contributed by atoms with Crippen molar-refractivity contribution >= 4 is 11.6 Å². The fraction of sp³-hybridized carbons (Fsp3) is 0.556. The Bertz CT molecular complexity index is 926. The smallest absolute Gasteiger partial charge is 0.163 e. The molecule has 160 valence electrons. The van der Waals surface area contributed by atoms with E-state index in [1.807, 2.05) is 0 Å². The summed E-state index contributed by atoms with van der Waals surface area (Å²) in [5, 5.41) is 0. The van der Waals surface area contributed by atoms with E-state index in [0.717, 1.165) is 29.9 Å². The second-order valence-corrected chi connectivity index (χ2v) is 12.0. The van der Waals surface area contributed by atoms with Gasteiger partial charge in [0.15, 0.2) is 11.6 Å². The lowest BCUT2D eigenvalue weighted by molar-refractivity contribution is -0.120. The number of carbonyl (C=O) groups is 2. The lowest BCUT2D eigenvalue weighted by Gasteiger charge is -2.42. The molecule has 0 saturated heterocycles. The first-order valence-electron chi connectivity index (χ1n) is 11.1. The number of carbonyl (C=O) groups excluding carboxylic acids is 2. The van der Waals surface area contributed by atoms with Crippen LogP contribution in [0.5, 0.6) is 0 Å². The number of ether oxygens (including phenoxy) is 1. The molecule has 1 aromatic rings. The molecule has 1 aromatic carbocycles. The highest BCUT2D eigenvalue weighted by Gasteiger charge is 2.47. The Morgan fingerprint density at radius 1 is 0.767 bits per heavy atom. The Kier molecular flexibility index (Phi) is 4.69. The van der Waals surface area contributed by atoms with E-state index in [4.69, 9.17) is 4.74 Å². The summed E-state index contributed by atoms with van der Waals surface area (Å²) in [5.41, 5.74) is 3.50. The Morgan fingerprint density at radius 2 is 1.20 bits per heavy atom. The summed E-state index contributed by atoms with van der Waals surface area (Å²) < 4.78 is 6.35. The van der Waals surface area contributed by atoms with Gasteiger partial charge in [0.1, 0.15) is 11.5 Å². The number of allylic oxidation sites excluding steroid dienone is 4. The monoisotopic (exact) mass is 406 g/mol. The van der Waals surface area contributed by atoms with Crippen LogP contribution in [0.1, 0.15) is 91.2 Å². The van der Waals surface area contributed by atoms with Crippen LogP contribution in [0.4, 0.5) is 0 Å². The standard InChI is InChI=1S/C27H34O3/c1-25(2,3)17-10-8-16(9-11-17)22-23-18(28)12-26(4,5)14-20(23)30-21-15-27(6,7)13-19(29)24(21)22/h8-11,22H,12-15H2,1-7H3. The molecule has 0 amide bonds. The predicted molar refractivity (Wildman–Crippen MR) is 119 cm³/mol. The molecule has 0 N–H and O–H groups in total. The lowest BCUT2D eigenvalue weighted by Crippen LogP contribution is -2.37. The maximum absolute atomic E-state index is 13.3. The highest BCUT2D eigenvalue weighted by Crippen LogP contribution is 2.53. The minimum atomic E-state index is -0.301. The van der Waals surface area contributed by atoms with E-state index in [2.05, 4.69) is 72.7 Å². The second kappa shape index (κ2) is 6.67. The van der Waals surface area contributed by atoms with Crippen molar-refractivity contribution in [3.05, 3.63) is 58.1 Å². The first kappa shape index (κ1) is 21.1. The van der Waals surface area contributed by atoms with Gasteiger partial charge in [0, 0.05) is 42.7 Å². The van der Waals surface area contributed by atoms with Crippen LogP contribution in [0, 0.1) is 10.8 Å². The van der Waals surface area contributed by atoms with Crippen LogP contribution < -0.4 is 0 Å². The van der Waals surface area contributed by atoms with Gasteiger partial charge in [0.2, 0.25) is 0 Å². The second-order valence-electron chi connectivity index (χ2n) is 12.0. The molecule has 3 heteroatoms. The molecule has 1 aliphatic heterocycles. The maximum atomic E-state index is 13.3. The largest absolute Gasteiger partial charge is 0.465 e. The molecule has 0 aromatic heterocycles. The highest BCUT2D eigenvalue weighted by atomic mass is 16.5. The van der Waals surface area contributed by atoms with Gasteiger partial charge in [0.25, 0.3) is 0 Å². The van der Waals surface area contributed by atoms with E-state index in [0.29, 0.717) is 24.0 Å². The van der Waals surface area contributed by atoms with E-state index in [-0.39, 0.29) is 33.7 Å². The number of hydrogen-bond donors (Lipinski definition) is 0. The molecule has 0 unspecified atom stereocenters. The van der Waals surface area contributed by atoms with Crippen molar-refractivity contribution in [1.82, 2.24) is 0 Å². The Hall–Kier alpha value is -2.16. The van der Waals surface area contributed by atoms with Gasteiger partial charge in [-0.25, -0.2) is 0 Å². The fourth-order valence-electron chi connectivity index (χ4n) is 5.18.